The summed E-state index contributed by atoms with van der Waals surface area (Å²) in [5.74, 6) is -1.70. The first-order valence-corrected chi connectivity index (χ1v) is 4.17. The molecule has 8 nitrogen and oxygen atoms in total. The van der Waals surface area contributed by atoms with Crippen LogP contribution in [0.1, 0.15) is 0 Å². The summed E-state index contributed by atoms with van der Waals surface area (Å²) in [5, 5.41) is 9.58. The molecule has 5 atom stereocenters. The van der Waals surface area contributed by atoms with E-state index in [4.69, 9.17) is 37.1 Å². The van der Waals surface area contributed by atoms with E-state index in [1.807, 2.05) is 0 Å². The van der Waals surface area contributed by atoms with Gasteiger partial charge < -0.3 is 30.8 Å². The van der Waals surface area contributed by atoms with Gasteiger partial charge >= 0.3 is 0 Å². The Morgan fingerprint density at radius 3 is 2.29 bits per heavy atom. The van der Waals surface area contributed by atoms with Crippen molar-refractivity contribution >= 4 is 0 Å². The fraction of sp³-hybridized carbons (Fsp3) is 1.00. The second-order valence-corrected chi connectivity index (χ2v) is 3.45. The van der Waals surface area contributed by atoms with Crippen molar-refractivity contribution in [1.29, 1.82) is 0 Å². The van der Waals surface area contributed by atoms with Crippen molar-refractivity contribution in [2.45, 2.75) is 36.8 Å². The van der Waals surface area contributed by atoms with Crippen LogP contribution in [0.3, 0.4) is 0 Å². The summed E-state index contributed by atoms with van der Waals surface area (Å²) in [4.78, 5) is 0. The molecule has 2 aliphatic heterocycles. The highest BCUT2D eigenvalue weighted by Gasteiger charge is 2.55. The Hall–Kier alpha value is -0.320. The summed E-state index contributed by atoms with van der Waals surface area (Å²) >= 11 is 0. The quantitative estimate of drug-likeness (QED) is 0.253. The van der Waals surface area contributed by atoms with Crippen molar-refractivity contribution < 1.29 is 19.3 Å². The van der Waals surface area contributed by atoms with Crippen LogP contribution in [0, 0.1) is 0 Å². The van der Waals surface area contributed by atoms with Gasteiger partial charge in [0, 0.05) is 0 Å². The first kappa shape index (κ1) is 10.2. The molecule has 2 saturated heterocycles. The average Bonchev–Trinajstić information content (AvgIpc) is 2.28. The third kappa shape index (κ3) is 1.42. The third-order valence-electron chi connectivity index (χ3n) is 2.29. The number of hydrogen-bond acceptors (Lipinski definition) is 8. The Balaban J connectivity index is 2.14. The summed E-state index contributed by atoms with van der Waals surface area (Å²) in [5.41, 5.74) is 21.8. The van der Waals surface area contributed by atoms with E-state index in [0.717, 1.165) is 0 Å². The van der Waals surface area contributed by atoms with E-state index >= 15 is 0 Å². The highest BCUT2D eigenvalue weighted by atomic mass is 16.8. The van der Waals surface area contributed by atoms with Crippen molar-refractivity contribution in [3.05, 3.63) is 0 Å². The Morgan fingerprint density at radius 1 is 1.07 bits per heavy atom. The minimum atomic E-state index is -1.70. The van der Waals surface area contributed by atoms with Crippen LogP contribution in [-0.4, -0.2) is 41.9 Å². The second-order valence-electron chi connectivity index (χ2n) is 3.45. The molecule has 0 spiro atoms. The standard InChI is InChI=1S/C6H14N4O4/c7-3-4(8)13-5-1(12-3)2(11)6(9,10)14-5/h1-5,11H,7-10H2. The van der Waals surface area contributed by atoms with E-state index in [0.29, 0.717) is 0 Å². The molecule has 9 N–H and O–H groups in total. The monoisotopic (exact) mass is 206 g/mol. The first-order valence-electron chi connectivity index (χ1n) is 4.17. The molecule has 0 aromatic heterocycles. The van der Waals surface area contributed by atoms with Gasteiger partial charge in [0.05, 0.1) is 0 Å². The molecule has 82 valence electrons. The van der Waals surface area contributed by atoms with Crippen LogP contribution in [0.4, 0.5) is 0 Å². The van der Waals surface area contributed by atoms with Crippen molar-refractivity contribution in [1.82, 2.24) is 0 Å². The molecule has 14 heavy (non-hydrogen) atoms. The van der Waals surface area contributed by atoms with E-state index in [1.54, 1.807) is 0 Å². The van der Waals surface area contributed by atoms with Gasteiger partial charge in [-0.2, -0.15) is 0 Å². The number of fused-ring (bicyclic) bond motifs is 1. The molecule has 0 saturated carbocycles. The lowest BCUT2D eigenvalue weighted by Crippen LogP contribution is -2.60. The number of hydrogen-bond donors (Lipinski definition) is 5. The Kier molecular flexibility index (Phi) is 2.25. The molecule has 0 radical (unpaired) electrons. The molecule has 0 aromatic carbocycles. The molecule has 0 amide bonds. The first-order chi connectivity index (χ1) is 6.42. The Morgan fingerprint density at radius 2 is 1.64 bits per heavy atom. The van der Waals surface area contributed by atoms with Crippen molar-refractivity contribution in [3.8, 4) is 0 Å². The minimum Gasteiger partial charge on any atom is -0.384 e. The number of aliphatic hydroxyl groups is 1. The fourth-order valence-corrected chi connectivity index (χ4v) is 1.48. The van der Waals surface area contributed by atoms with Gasteiger partial charge in [-0.25, -0.2) is 0 Å². The zero-order valence-corrected chi connectivity index (χ0v) is 7.37. The van der Waals surface area contributed by atoms with Crippen LogP contribution in [0.2, 0.25) is 0 Å². The molecule has 2 heterocycles. The largest absolute Gasteiger partial charge is 0.384 e. The van der Waals surface area contributed by atoms with Crippen LogP contribution in [0.15, 0.2) is 0 Å². The molecular weight excluding hydrogens is 192 g/mol. The van der Waals surface area contributed by atoms with E-state index < -0.39 is 36.8 Å². The lowest BCUT2D eigenvalue weighted by atomic mass is 10.1. The number of aliphatic hydroxyl groups excluding tert-OH is 1. The van der Waals surface area contributed by atoms with E-state index in [2.05, 4.69) is 0 Å². The van der Waals surface area contributed by atoms with Crippen molar-refractivity contribution in [2.24, 2.45) is 22.9 Å². The molecule has 5 unspecified atom stereocenters. The van der Waals surface area contributed by atoms with Gasteiger partial charge in [0.1, 0.15) is 24.7 Å². The predicted octanol–water partition coefficient (Wildman–Crippen LogP) is -3.74. The highest BCUT2D eigenvalue weighted by molar-refractivity contribution is 4.95. The fourth-order valence-electron chi connectivity index (χ4n) is 1.48. The van der Waals surface area contributed by atoms with Gasteiger partial charge in [0.15, 0.2) is 6.29 Å². The second kappa shape index (κ2) is 3.08. The van der Waals surface area contributed by atoms with Crippen LogP contribution >= 0.6 is 0 Å². The van der Waals surface area contributed by atoms with Gasteiger partial charge in [0.2, 0.25) is 5.85 Å². The predicted molar refractivity (Wildman–Crippen MR) is 43.9 cm³/mol. The third-order valence-corrected chi connectivity index (χ3v) is 2.29. The molecule has 2 fully saturated rings. The summed E-state index contributed by atoms with van der Waals surface area (Å²) < 4.78 is 15.3. The van der Waals surface area contributed by atoms with Crippen molar-refractivity contribution in [2.75, 3.05) is 0 Å². The van der Waals surface area contributed by atoms with E-state index in [9.17, 15) is 5.11 Å². The zero-order valence-electron chi connectivity index (χ0n) is 7.37. The van der Waals surface area contributed by atoms with Gasteiger partial charge in [-0.05, 0) is 0 Å². The van der Waals surface area contributed by atoms with Crippen LogP contribution < -0.4 is 22.9 Å². The SMILES string of the molecule is NC1OC2OC(N)(N)C(O)C2OC1N. The summed E-state index contributed by atoms with van der Waals surface area (Å²) in [6, 6.07) is 0. The maximum absolute atomic E-state index is 9.58. The lowest BCUT2D eigenvalue weighted by Gasteiger charge is -2.34. The molecule has 0 aliphatic carbocycles. The summed E-state index contributed by atoms with van der Waals surface area (Å²) in [6.45, 7) is 0. The van der Waals surface area contributed by atoms with Gasteiger partial charge in [-0.1, -0.05) is 0 Å². The van der Waals surface area contributed by atoms with E-state index in [1.165, 1.54) is 0 Å². The molecule has 2 aliphatic rings. The van der Waals surface area contributed by atoms with Crippen LogP contribution in [0.5, 0.6) is 0 Å². The lowest BCUT2D eigenvalue weighted by molar-refractivity contribution is -0.281. The average molecular weight is 206 g/mol. The summed E-state index contributed by atoms with van der Waals surface area (Å²) in [6.07, 6.45) is -4.54. The van der Waals surface area contributed by atoms with Crippen LogP contribution in [0.25, 0.3) is 0 Å². The number of rotatable bonds is 0. The molecule has 8 heteroatoms. The minimum absolute atomic E-state index is 0.806. The Bertz CT molecular complexity index is 238. The maximum Gasteiger partial charge on any atom is 0.202 e. The highest BCUT2D eigenvalue weighted by Crippen LogP contribution is 2.30. The smallest absolute Gasteiger partial charge is 0.202 e. The maximum atomic E-state index is 9.58. The number of nitrogens with two attached hydrogens (primary N) is 4. The molecular formula is C6H14N4O4. The molecule has 0 bridgehead atoms. The molecule has 2 rings (SSSR count). The zero-order chi connectivity index (χ0) is 10.5. The van der Waals surface area contributed by atoms with E-state index in [-0.39, 0.29) is 0 Å². The topological polar surface area (TPSA) is 152 Å². The van der Waals surface area contributed by atoms with Crippen LogP contribution in [-0.2, 0) is 14.2 Å². The molecule has 0 aromatic rings. The van der Waals surface area contributed by atoms with Crippen molar-refractivity contribution in [3.63, 3.8) is 0 Å². The van der Waals surface area contributed by atoms with Gasteiger partial charge in [-0.15, -0.1) is 0 Å². The van der Waals surface area contributed by atoms with Gasteiger partial charge in [0.25, 0.3) is 0 Å². The Labute approximate surface area is 80.0 Å². The normalized spacial score (nSPS) is 51.6. The van der Waals surface area contributed by atoms with Gasteiger partial charge in [-0.3, -0.25) is 11.5 Å². The summed E-state index contributed by atoms with van der Waals surface area (Å²) in [7, 11) is 0. The number of ether oxygens (including phenoxy) is 3.